The quantitative estimate of drug-likeness (QED) is 0.570. The van der Waals surface area contributed by atoms with Crippen molar-refractivity contribution < 1.29 is 13.9 Å². The highest BCUT2D eigenvalue weighted by Gasteiger charge is 2.33. The molecule has 0 aromatic carbocycles. The predicted octanol–water partition coefficient (Wildman–Crippen LogP) is 3.05. The lowest BCUT2D eigenvalue weighted by Crippen LogP contribution is -2.42. The van der Waals surface area contributed by atoms with Crippen LogP contribution < -0.4 is 0 Å². The van der Waals surface area contributed by atoms with Crippen LogP contribution in [0.1, 0.15) is 26.5 Å². The average Bonchev–Trinajstić information content (AvgIpc) is 2.74. The van der Waals surface area contributed by atoms with Gasteiger partial charge in [-0.05, 0) is 19.9 Å². The van der Waals surface area contributed by atoms with Crippen LogP contribution >= 0.6 is 0 Å². The monoisotopic (exact) mass is 329 g/mol. The van der Waals surface area contributed by atoms with Crippen molar-refractivity contribution in [1.82, 2.24) is 14.7 Å². The second kappa shape index (κ2) is 6.91. The van der Waals surface area contributed by atoms with Gasteiger partial charge in [0, 0.05) is 28.7 Å². The van der Waals surface area contributed by atoms with Crippen LogP contribution in [0.2, 0.25) is 25.7 Å². The number of hydrogen-bond acceptors (Lipinski definition) is 3. The van der Waals surface area contributed by atoms with E-state index in [4.69, 9.17) is 4.74 Å². The molecule has 0 radical (unpaired) electrons. The molecule has 0 N–H and O–H groups in total. The van der Waals surface area contributed by atoms with Crippen molar-refractivity contribution in [1.29, 1.82) is 0 Å². The summed E-state index contributed by atoms with van der Waals surface area (Å²) in [5.74, 6) is -0.558. The maximum absolute atomic E-state index is 14.2. The molecular weight excluding hydrogens is 301 g/mol. The third-order valence-corrected chi connectivity index (χ3v) is 5.53. The van der Waals surface area contributed by atoms with Gasteiger partial charge < -0.3 is 9.64 Å². The highest BCUT2D eigenvalue weighted by Crippen LogP contribution is 2.27. The van der Waals surface area contributed by atoms with E-state index in [1.54, 1.807) is 20.9 Å². The van der Waals surface area contributed by atoms with E-state index in [9.17, 15) is 9.18 Å². The summed E-state index contributed by atoms with van der Waals surface area (Å²) in [4.78, 5) is 13.0. The number of aromatic nitrogens is 2. The molecule has 1 aromatic rings. The Morgan fingerprint density at radius 1 is 1.45 bits per heavy atom. The Morgan fingerprint density at radius 2 is 2.05 bits per heavy atom. The van der Waals surface area contributed by atoms with Gasteiger partial charge >= 0.3 is 0 Å². The Hall–Kier alpha value is -1.21. The lowest BCUT2D eigenvalue weighted by Gasteiger charge is -2.33. The number of rotatable bonds is 7. The van der Waals surface area contributed by atoms with E-state index in [0.717, 1.165) is 6.04 Å². The number of carbonyl (C=O) groups excluding carboxylic acids is 1. The van der Waals surface area contributed by atoms with Gasteiger partial charge in [0.15, 0.2) is 5.82 Å². The molecule has 1 aromatic heterocycles. The molecule has 0 atom stereocenters. The molecule has 0 spiro atoms. The second-order valence-corrected chi connectivity index (χ2v) is 13.0. The summed E-state index contributed by atoms with van der Waals surface area (Å²) >= 11 is 0. The van der Waals surface area contributed by atoms with Crippen LogP contribution in [0.25, 0.3) is 0 Å². The molecule has 1 rings (SSSR count). The van der Waals surface area contributed by atoms with Gasteiger partial charge in [0.05, 0.1) is 11.7 Å². The summed E-state index contributed by atoms with van der Waals surface area (Å²) in [6, 6.07) is 1.06. The van der Waals surface area contributed by atoms with Crippen molar-refractivity contribution >= 4 is 14.0 Å². The molecule has 7 heteroatoms. The topological polar surface area (TPSA) is 47.4 Å². The zero-order valence-electron chi connectivity index (χ0n) is 14.7. The van der Waals surface area contributed by atoms with Gasteiger partial charge in [-0.1, -0.05) is 19.6 Å². The van der Waals surface area contributed by atoms with Crippen molar-refractivity contribution in [3.63, 3.8) is 0 Å². The van der Waals surface area contributed by atoms with Crippen LogP contribution in [0.3, 0.4) is 0 Å². The Morgan fingerprint density at radius 3 is 2.55 bits per heavy atom. The molecule has 126 valence electrons. The van der Waals surface area contributed by atoms with Gasteiger partial charge in [-0.15, -0.1) is 0 Å². The van der Waals surface area contributed by atoms with Crippen molar-refractivity contribution in [2.75, 3.05) is 13.7 Å². The van der Waals surface area contributed by atoms with Crippen LogP contribution in [0.15, 0.2) is 6.20 Å². The van der Waals surface area contributed by atoms with Gasteiger partial charge in [0.1, 0.15) is 12.4 Å². The number of amides is 1. The van der Waals surface area contributed by atoms with E-state index in [1.165, 1.54) is 22.7 Å². The number of halogens is 1. The van der Waals surface area contributed by atoms with Crippen LogP contribution in [-0.4, -0.2) is 42.3 Å². The minimum absolute atomic E-state index is 0.134. The van der Waals surface area contributed by atoms with Crippen molar-refractivity contribution in [3.8, 4) is 0 Å². The van der Waals surface area contributed by atoms with Gasteiger partial charge in [0.2, 0.25) is 5.91 Å². The maximum atomic E-state index is 14.2. The fourth-order valence-corrected chi connectivity index (χ4v) is 2.72. The Balaban J connectivity index is 2.73. The number of nitrogens with zero attached hydrogens (tertiary/aromatic N) is 3. The molecule has 0 aliphatic carbocycles. The van der Waals surface area contributed by atoms with Crippen LogP contribution in [0.5, 0.6) is 0 Å². The molecule has 0 saturated carbocycles. The third-order valence-electron chi connectivity index (χ3n) is 3.83. The summed E-state index contributed by atoms with van der Waals surface area (Å²) in [5.41, 5.74) is -0.557. The minimum atomic E-state index is -1.13. The summed E-state index contributed by atoms with van der Waals surface area (Å²) in [6.07, 6.45) is 1.32. The summed E-state index contributed by atoms with van der Waals surface area (Å²) < 4.78 is 21.2. The highest BCUT2D eigenvalue weighted by atomic mass is 28.3. The largest absolute Gasteiger partial charge is 0.360 e. The molecule has 0 unspecified atom stereocenters. The second-order valence-electron chi connectivity index (χ2n) is 7.35. The number of ether oxygens (including phenoxy) is 1. The fourth-order valence-electron chi connectivity index (χ4n) is 1.97. The molecule has 0 bridgehead atoms. The Labute approximate surface area is 133 Å². The van der Waals surface area contributed by atoms with E-state index in [-0.39, 0.29) is 18.3 Å². The summed E-state index contributed by atoms with van der Waals surface area (Å²) in [5, 5.41) is 4.25. The zero-order chi connectivity index (χ0) is 17.1. The highest BCUT2D eigenvalue weighted by molar-refractivity contribution is 6.76. The summed E-state index contributed by atoms with van der Waals surface area (Å²) in [7, 11) is 0.513. The van der Waals surface area contributed by atoms with Crippen LogP contribution in [0, 0.1) is 5.82 Å². The van der Waals surface area contributed by atoms with Crippen LogP contribution in [-0.2, 0) is 21.8 Å². The number of carbonyl (C=O) groups is 1. The first kappa shape index (κ1) is 18.8. The molecular formula is C15H28FN3O2Si. The Bertz CT molecular complexity index is 523. The van der Waals surface area contributed by atoms with E-state index < -0.39 is 19.4 Å². The molecule has 1 amide bonds. The molecule has 5 nitrogen and oxygen atoms in total. The molecule has 0 fully saturated rings. The average molecular weight is 329 g/mol. The Kier molecular flexibility index (Phi) is 5.92. The van der Waals surface area contributed by atoms with Crippen molar-refractivity contribution in [2.45, 2.75) is 58.7 Å². The fraction of sp³-hybridized carbons (Fsp3) is 0.733. The maximum Gasteiger partial charge on any atom is 0.219 e. The first-order chi connectivity index (χ1) is 9.95. The zero-order valence-corrected chi connectivity index (χ0v) is 15.7. The third kappa shape index (κ3) is 4.91. The first-order valence-corrected chi connectivity index (χ1v) is 11.2. The molecule has 0 aliphatic heterocycles. The van der Waals surface area contributed by atoms with Gasteiger partial charge in [0.25, 0.3) is 0 Å². The van der Waals surface area contributed by atoms with Gasteiger partial charge in [-0.25, -0.2) is 9.07 Å². The van der Waals surface area contributed by atoms with Crippen LogP contribution in [0.4, 0.5) is 4.39 Å². The van der Waals surface area contributed by atoms with E-state index in [1.807, 2.05) is 0 Å². The lowest BCUT2D eigenvalue weighted by molar-refractivity contribution is -0.132. The SMILES string of the molecule is CC(=O)N(C)C(C)(C)c1nn(COCC[Si](C)(C)C)cc1F. The lowest BCUT2D eigenvalue weighted by atomic mass is 9.98. The molecule has 0 saturated heterocycles. The normalized spacial score (nSPS) is 12.5. The van der Waals surface area contributed by atoms with E-state index >= 15 is 0 Å². The van der Waals surface area contributed by atoms with E-state index in [2.05, 4.69) is 24.7 Å². The number of hydrogen-bond donors (Lipinski definition) is 0. The van der Waals surface area contributed by atoms with Crippen molar-refractivity contribution in [2.24, 2.45) is 0 Å². The van der Waals surface area contributed by atoms with Gasteiger partial charge in [-0.2, -0.15) is 5.10 Å². The molecule has 0 aliphatic rings. The smallest absolute Gasteiger partial charge is 0.219 e. The first-order valence-electron chi connectivity index (χ1n) is 7.51. The van der Waals surface area contributed by atoms with Gasteiger partial charge in [-0.3, -0.25) is 4.79 Å². The summed E-state index contributed by atoms with van der Waals surface area (Å²) in [6.45, 7) is 12.7. The standard InChI is InChI=1S/C15H28FN3O2Si/c1-12(20)18(4)15(2,3)14-13(16)10-19(17-14)11-21-8-9-22(5,6)7/h10H,8-9,11H2,1-7H3. The minimum Gasteiger partial charge on any atom is -0.360 e. The predicted molar refractivity (Wildman–Crippen MR) is 87.8 cm³/mol. The van der Waals surface area contributed by atoms with Crippen molar-refractivity contribution in [3.05, 3.63) is 17.7 Å². The molecule has 22 heavy (non-hydrogen) atoms. The van der Waals surface area contributed by atoms with E-state index in [0.29, 0.717) is 6.61 Å². The molecule has 1 heterocycles.